The summed E-state index contributed by atoms with van der Waals surface area (Å²) in [5.41, 5.74) is 0. The van der Waals surface area contributed by atoms with Crippen molar-refractivity contribution in [2.24, 2.45) is 0 Å². The summed E-state index contributed by atoms with van der Waals surface area (Å²) in [5.74, 6) is -21.1. The van der Waals surface area contributed by atoms with E-state index in [-0.39, 0.29) is 0 Å². The van der Waals surface area contributed by atoms with Gasteiger partial charge in [0, 0.05) is 0 Å². The van der Waals surface area contributed by atoms with Gasteiger partial charge in [-0.3, -0.25) is 0 Å². The number of halogens is 10. The fourth-order valence-electron chi connectivity index (χ4n) is 0.431. The average Bonchev–Trinajstić information content (AvgIpc) is 1.78. The molecule has 0 bridgehead atoms. The first-order valence-electron chi connectivity index (χ1n) is 2.99. The molecule has 11 heteroatoms. The van der Waals surface area contributed by atoms with Crippen molar-refractivity contribution in [3.8, 4) is 0 Å². The fourth-order valence-corrected chi connectivity index (χ4v) is 1.29. The van der Waals surface area contributed by atoms with Crippen LogP contribution in [0.3, 0.4) is 0 Å². The van der Waals surface area contributed by atoms with Gasteiger partial charge >= 0.3 is 75.0 Å². The van der Waals surface area contributed by atoms with Gasteiger partial charge in [0.25, 0.3) is 0 Å². The predicted octanol–water partition coefficient (Wildman–Crippen LogP) is 4.61. The summed E-state index contributed by atoms with van der Waals surface area (Å²) in [4.78, 5) is 0. The van der Waals surface area contributed by atoms with Crippen LogP contribution in [0.5, 0.6) is 0 Å². The van der Waals surface area contributed by atoms with E-state index in [9.17, 15) is 43.7 Å². The monoisotopic (exact) mass is 272 g/mol. The van der Waals surface area contributed by atoms with Crippen LogP contribution in [-0.2, 0) is 0 Å². The van der Waals surface area contributed by atoms with Gasteiger partial charge in [0.2, 0.25) is 0 Å². The van der Waals surface area contributed by atoms with Crippen molar-refractivity contribution in [3.63, 3.8) is 0 Å². The summed E-state index contributed by atoms with van der Waals surface area (Å²) < 4.78 is 118. The van der Waals surface area contributed by atoms with E-state index >= 15 is 0 Å². The van der Waals surface area contributed by atoms with Crippen molar-refractivity contribution < 1.29 is 43.7 Å². The third-order valence-corrected chi connectivity index (χ3v) is 5.43. The van der Waals surface area contributed by atoms with Crippen LogP contribution in [0.15, 0.2) is 0 Å². The molecular weight excluding hydrogens is 269 g/mol. The van der Waals surface area contributed by atoms with Crippen molar-refractivity contribution in [2.75, 3.05) is 6.66 Å². The number of alkyl halides is 9. The maximum absolute atomic E-state index is 12.8. The molecule has 0 aliphatic carbocycles. The van der Waals surface area contributed by atoms with E-state index in [2.05, 4.69) is 0 Å². The van der Waals surface area contributed by atoms with Gasteiger partial charge in [-0.25, -0.2) is 0 Å². The summed E-state index contributed by atoms with van der Waals surface area (Å²) >= 11 is 0. The molecule has 0 spiro atoms. The van der Waals surface area contributed by atoms with E-state index in [1.165, 1.54) is 0 Å². The molecule has 0 aromatic carbocycles. The standard InChI is InChI=1S/C4H3F10P/c1-15(14,2(5,6)7,3(8,9)10)4(11,12)13/h1H3. The average molecular weight is 272 g/mol. The second kappa shape index (κ2) is 2.89. The molecule has 0 radical (unpaired) electrons. The van der Waals surface area contributed by atoms with Gasteiger partial charge in [-0.05, 0) is 0 Å². The van der Waals surface area contributed by atoms with Crippen LogP contribution in [0.25, 0.3) is 0 Å². The van der Waals surface area contributed by atoms with Gasteiger partial charge in [-0.1, -0.05) is 0 Å². The molecule has 0 rings (SSSR count). The van der Waals surface area contributed by atoms with Crippen molar-refractivity contribution >= 4 is 6.91 Å². The third kappa shape index (κ3) is 1.48. The number of hydrogen-bond donors (Lipinski definition) is 0. The van der Waals surface area contributed by atoms with Crippen LogP contribution >= 0.6 is 6.91 Å². The Morgan fingerprint density at radius 3 is 0.733 bits per heavy atom. The molecule has 0 fully saturated rings. The topological polar surface area (TPSA) is 0 Å². The zero-order valence-corrected chi connectivity index (χ0v) is 7.62. The second-order valence-electron chi connectivity index (χ2n) is 2.83. The Bertz CT molecular complexity index is 209. The molecule has 0 heterocycles. The van der Waals surface area contributed by atoms with Crippen molar-refractivity contribution in [2.45, 2.75) is 17.8 Å². The minimum absolute atomic E-state index is 1.45. The quantitative estimate of drug-likeness (QED) is 0.446. The van der Waals surface area contributed by atoms with Gasteiger partial charge in [0.1, 0.15) is 0 Å². The van der Waals surface area contributed by atoms with Gasteiger partial charge in [0.15, 0.2) is 0 Å². The SMILES string of the molecule is CP(F)(C(F)(F)F)(C(F)(F)F)C(F)(F)F. The Morgan fingerprint density at radius 1 is 0.600 bits per heavy atom. The van der Waals surface area contributed by atoms with E-state index < -0.39 is 31.3 Å². The first-order valence-corrected chi connectivity index (χ1v) is 5.56. The molecule has 0 aromatic rings. The molecule has 0 unspecified atom stereocenters. The molecule has 0 saturated carbocycles. The Labute approximate surface area is 76.3 Å². The van der Waals surface area contributed by atoms with E-state index in [1.54, 1.807) is 0 Å². The minimum atomic E-state index is -9.34. The molecular formula is C4H3F10P. The summed E-state index contributed by atoms with van der Waals surface area (Å²) in [5, 5.41) is 0. The maximum atomic E-state index is 12.8. The predicted molar refractivity (Wildman–Crippen MR) is 32.1 cm³/mol. The molecule has 0 N–H and O–H groups in total. The summed E-state index contributed by atoms with van der Waals surface area (Å²) in [6, 6.07) is 0. The van der Waals surface area contributed by atoms with E-state index in [0.717, 1.165) is 0 Å². The van der Waals surface area contributed by atoms with E-state index in [4.69, 9.17) is 0 Å². The van der Waals surface area contributed by atoms with Crippen LogP contribution in [0.1, 0.15) is 0 Å². The zero-order chi connectivity index (χ0) is 12.9. The van der Waals surface area contributed by atoms with Gasteiger partial charge in [0.05, 0.1) is 0 Å². The van der Waals surface area contributed by atoms with Crippen LogP contribution in [0.4, 0.5) is 43.7 Å². The summed E-state index contributed by atoms with van der Waals surface area (Å²) in [6.07, 6.45) is 0. The van der Waals surface area contributed by atoms with Crippen LogP contribution in [0.2, 0.25) is 0 Å². The fraction of sp³-hybridized carbons (Fsp3) is 1.00. The zero-order valence-electron chi connectivity index (χ0n) is 6.73. The second-order valence-corrected chi connectivity index (χ2v) is 7.21. The molecule has 94 valence electrons. The van der Waals surface area contributed by atoms with Crippen molar-refractivity contribution in [1.82, 2.24) is 0 Å². The molecule has 0 amide bonds. The normalized spacial score (nSPS) is 18.5. The van der Waals surface area contributed by atoms with Gasteiger partial charge in [-0.2, -0.15) is 0 Å². The summed E-state index contributed by atoms with van der Waals surface area (Å²) in [7, 11) is 0. The molecule has 15 heavy (non-hydrogen) atoms. The van der Waals surface area contributed by atoms with Crippen LogP contribution in [-0.4, -0.2) is 24.4 Å². The van der Waals surface area contributed by atoms with Gasteiger partial charge < -0.3 is 0 Å². The summed E-state index contributed by atoms with van der Waals surface area (Å²) in [6.45, 7) is -10.8. The first-order chi connectivity index (χ1) is 6.07. The molecule has 0 saturated heterocycles. The molecule has 0 nitrogen and oxygen atoms in total. The molecule has 0 aliphatic heterocycles. The molecule has 0 aromatic heterocycles. The van der Waals surface area contributed by atoms with Gasteiger partial charge in [-0.15, -0.1) is 0 Å². The Hall–Kier alpha value is -0.270. The van der Waals surface area contributed by atoms with Crippen molar-refractivity contribution in [1.29, 1.82) is 0 Å². The third-order valence-electron chi connectivity index (χ3n) is 1.81. The van der Waals surface area contributed by atoms with Crippen molar-refractivity contribution in [3.05, 3.63) is 0 Å². The Kier molecular flexibility index (Phi) is 2.84. The number of hydrogen-bond acceptors (Lipinski definition) is 0. The van der Waals surface area contributed by atoms with E-state index in [0.29, 0.717) is 0 Å². The van der Waals surface area contributed by atoms with Crippen LogP contribution in [0, 0.1) is 0 Å². The number of rotatable bonds is 0. The molecule has 0 atom stereocenters. The molecule has 0 aliphatic rings. The Morgan fingerprint density at radius 2 is 0.733 bits per heavy atom. The Balaban J connectivity index is 6.08. The first kappa shape index (κ1) is 14.7. The van der Waals surface area contributed by atoms with E-state index in [1.807, 2.05) is 0 Å². The van der Waals surface area contributed by atoms with Crippen LogP contribution < -0.4 is 0 Å².